The van der Waals surface area contributed by atoms with Gasteiger partial charge in [-0.2, -0.15) is 15.1 Å². The number of anilines is 3. The zero-order valence-electron chi connectivity index (χ0n) is 17.5. The highest BCUT2D eigenvalue weighted by Gasteiger charge is 2.14. The van der Waals surface area contributed by atoms with Crippen LogP contribution in [0.15, 0.2) is 54.7 Å². The molecule has 0 aliphatic carbocycles. The third-order valence-corrected chi connectivity index (χ3v) is 5.01. The van der Waals surface area contributed by atoms with Gasteiger partial charge in [0.15, 0.2) is 5.65 Å². The van der Waals surface area contributed by atoms with E-state index in [1.54, 1.807) is 13.3 Å². The number of nitrogens with zero attached hydrogens (tertiary/aromatic N) is 4. The van der Waals surface area contributed by atoms with Crippen LogP contribution in [0.25, 0.3) is 16.7 Å². The Morgan fingerprint density at radius 1 is 1.00 bits per heavy atom. The lowest BCUT2D eigenvalue weighted by Crippen LogP contribution is -2.10. The Labute approximate surface area is 176 Å². The number of rotatable bonds is 8. The van der Waals surface area contributed by atoms with Crippen LogP contribution in [0.1, 0.15) is 17.5 Å². The maximum atomic E-state index is 5.13. The lowest BCUT2D eigenvalue weighted by Gasteiger charge is -2.12. The summed E-state index contributed by atoms with van der Waals surface area (Å²) in [6.07, 6.45) is 2.68. The van der Waals surface area contributed by atoms with Gasteiger partial charge in [-0.3, -0.25) is 0 Å². The highest BCUT2D eigenvalue weighted by Crippen LogP contribution is 2.27. The SMILES string of the molecule is COCCCNc1nc(Nc2ccc(C)c(C)c2)c2cnn(-c3ccccc3)c2n1. The van der Waals surface area contributed by atoms with Gasteiger partial charge in [-0.25, -0.2) is 4.68 Å². The molecular formula is C23H26N6O. The van der Waals surface area contributed by atoms with Crippen LogP contribution in [0, 0.1) is 13.8 Å². The molecule has 0 aliphatic rings. The van der Waals surface area contributed by atoms with Gasteiger partial charge in [-0.1, -0.05) is 24.3 Å². The number of para-hydroxylation sites is 1. The molecule has 4 aromatic rings. The molecule has 0 aliphatic heterocycles. The molecular weight excluding hydrogens is 376 g/mol. The molecule has 0 saturated heterocycles. The normalized spacial score (nSPS) is 11.0. The molecule has 0 radical (unpaired) electrons. The number of ether oxygens (including phenoxy) is 1. The van der Waals surface area contributed by atoms with Gasteiger partial charge in [-0.05, 0) is 55.7 Å². The molecule has 0 bridgehead atoms. The second-order valence-electron chi connectivity index (χ2n) is 7.22. The first kappa shape index (κ1) is 19.8. The molecule has 30 heavy (non-hydrogen) atoms. The average molecular weight is 403 g/mol. The van der Waals surface area contributed by atoms with Crippen molar-refractivity contribution in [3.8, 4) is 5.69 Å². The van der Waals surface area contributed by atoms with Crippen molar-refractivity contribution in [2.45, 2.75) is 20.3 Å². The van der Waals surface area contributed by atoms with Gasteiger partial charge >= 0.3 is 0 Å². The lowest BCUT2D eigenvalue weighted by atomic mass is 10.1. The van der Waals surface area contributed by atoms with Crippen LogP contribution < -0.4 is 10.6 Å². The first-order valence-corrected chi connectivity index (χ1v) is 10.0. The van der Waals surface area contributed by atoms with Crippen LogP contribution in [0.4, 0.5) is 17.5 Å². The topological polar surface area (TPSA) is 76.9 Å². The molecule has 154 valence electrons. The van der Waals surface area contributed by atoms with E-state index in [0.29, 0.717) is 12.6 Å². The number of fused-ring (bicyclic) bond motifs is 1. The Kier molecular flexibility index (Phi) is 5.90. The van der Waals surface area contributed by atoms with E-state index in [4.69, 9.17) is 14.7 Å². The van der Waals surface area contributed by atoms with Crippen LogP contribution in [0.5, 0.6) is 0 Å². The van der Waals surface area contributed by atoms with Crippen molar-refractivity contribution >= 4 is 28.5 Å². The van der Waals surface area contributed by atoms with Crippen molar-refractivity contribution in [2.24, 2.45) is 0 Å². The van der Waals surface area contributed by atoms with Gasteiger partial charge in [0.25, 0.3) is 0 Å². The average Bonchev–Trinajstić information content (AvgIpc) is 3.19. The quantitative estimate of drug-likeness (QED) is 0.419. The highest BCUT2D eigenvalue weighted by atomic mass is 16.5. The summed E-state index contributed by atoms with van der Waals surface area (Å²) < 4.78 is 6.97. The van der Waals surface area contributed by atoms with Crippen molar-refractivity contribution in [1.82, 2.24) is 19.7 Å². The van der Waals surface area contributed by atoms with Crippen LogP contribution in [-0.2, 0) is 4.74 Å². The summed E-state index contributed by atoms with van der Waals surface area (Å²) >= 11 is 0. The Hall–Kier alpha value is -3.45. The van der Waals surface area contributed by atoms with Crippen molar-refractivity contribution in [1.29, 1.82) is 0 Å². The van der Waals surface area contributed by atoms with Gasteiger partial charge in [0, 0.05) is 25.9 Å². The summed E-state index contributed by atoms with van der Waals surface area (Å²) in [6, 6.07) is 16.3. The Morgan fingerprint density at radius 2 is 1.83 bits per heavy atom. The molecule has 7 heteroatoms. The van der Waals surface area contributed by atoms with Crippen LogP contribution in [-0.4, -0.2) is 40.0 Å². The first-order valence-electron chi connectivity index (χ1n) is 10.0. The van der Waals surface area contributed by atoms with Gasteiger partial charge in [0.05, 0.1) is 17.3 Å². The van der Waals surface area contributed by atoms with Crippen LogP contribution in [0.3, 0.4) is 0 Å². The monoisotopic (exact) mass is 402 g/mol. The summed E-state index contributed by atoms with van der Waals surface area (Å²) in [5.74, 6) is 1.28. The molecule has 0 spiro atoms. The summed E-state index contributed by atoms with van der Waals surface area (Å²) in [5, 5.41) is 12.2. The number of hydrogen-bond donors (Lipinski definition) is 2. The molecule has 7 nitrogen and oxygen atoms in total. The van der Waals surface area contributed by atoms with E-state index >= 15 is 0 Å². The molecule has 0 fully saturated rings. The molecule has 0 saturated carbocycles. The predicted molar refractivity (Wildman–Crippen MR) is 121 cm³/mol. The Balaban J connectivity index is 1.74. The Bertz CT molecular complexity index is 1140. The molecule has 2 aromatic carbocycles. The Morgan fingerprint density at radius 3 is 2.60 bits per heavy atom. The van der Waals surface area contributed by atoms with Crippen molar-refractivity contribution in [3.05, 3.63) is 65.9 Å². The van der Waals surface area contributed by atoms with E-state index in [1.807, 2.05) is 35.0 Å². The molecule has 2 heterocycles. The van der Waals surface area contributed by atoms with Gasteiger partial charge in [0.2, 0.25) is 5.95 Å². The minimum atomic E-state index is 0.558. The fourth-order valence-corrected chi connectivity index (χ4v) is 3.21. The molecule has 0 unspecified atom stereocenters. The van der Waals surface area contributed by atoms with Crippen molar-refractivity contribution in [2.75, 3.05) is 30.9 Å². The molecule has 2 aromatic heterocycles. The van der Waals surface area contributed by atoms with E-state index in [-0.39, 0.29) is 0 Å². The number of benzene rings is 2. The maximum absolute atomic E-state index is 5.13. The first-order chi connectivity index (χ1) is 14.7. The second-order valence-corrected chi connectivity index (χ2v) is 7.22. The number of nitrogens with one attached hydrogen (secondary N) is 2. The third kappa shape index (κ3) is 4.26. The number of aromatic nitrogens is 4. The van der Waals surface area contributed by atoms with Gasteiger partial charge < -0.3 is 15.4 Å². The molecule has 0 amide bonds. The predicted octanol–water partition coefficient (Wildman–Crippen LogP) is 4.62. The van der Waals surface area contributed by atoms with E-state index in [9.17, 15) is 0 Å². The summed E-state index contributed by atoms with van der Waals surface area (Å²) in [7, 11) is 1.70. The lowest BCUT2D eigenvalue weighted by molar-refractivity contribution is 0.197. The van der Waals surface area contributed by atoms with E-state index in [0.717, 1.165) is 41.2 Å². The van der Waals surface area contributed by atoms with E-state index in [2.05, 4.69) is 47.8 Å². The van der Waals surface area contributed by atoms with Crippen LogP contribution >= 0.6 is 0 Å². The molecule has 4 rings (SSSR count). The summed E-state index contributed by atoms with van der Waals surface area (Å²) in [6.45, 7) is 5.62. The highest BCUT2D eigenvalue weighted by molar-refractivity contribution is 5.90. The number of aryl methyl sites for hydroxylation is 2. The minimum Gasteiger partial charge on any atom is -0.385 e. The van der Waals surface area contributed by atoms with Crippen LogP contribution in [0.2, 0.25) is 0 Å². The van der Waals surface area contributed by atoms with Crippen molar-refractivity contribution < 1.29 is 4.74 Å². The largest absolute Gasteiger partial charge is 0.385 e. The minimum absolute atomic E-state index is 0.558. The van der Waals surface area contributed by atoms with Gasteiger partial charge in [0.1, 0.15) is 5.82 Å². The number of methoxy groups -OCH3 is 1. The molecule has 2 N–H and O–H groups in total. The van der Waals surface area contributed by atoms with E-state index < -0.39 is 0 Å². The summed E-state index contributed by atoms with van der Waals surface area (Å²) in [5.41, 5.74) is 5.16. The van der Waals surface area contributed by atoms with E-state index in [1.165, 1.54) is 11.1 Å². The van der Waals surface area contributed by atoms with Gasteiger partial charge in [-0.15, -0.1) is 0 Å². The van der Waals surface area contributed by atoms with Crippen molar-refractivity contribution in [3.63, 3.8) is 0 Å². The fraction of sp³-hybridized carbons (Fsp3) is 0.261. The second kappa shape index (κ2) is 8.92. The molecule has 0 atom stereocenters. The standard InChI is InChI=1S/C23H26N6O/c1-16-10-11-18(14-17(16)2)26-21-20-15-25-29(19-8-5-4-6-9-19)22(20)28-23(27-21)24-12-7-13-30-3/h4-6,8-11,14-15H,7,12-13H2,1-3H3,(H2,24,26,27,28). The zero-order valence-corrected chi connectivity index (χ0v) is 17.5. The summed E-state index contributed by atoms with van der Waals surface area (Å²) in [4.78, 5) is 9.47. The number of hydrogen-bond acceptors (Lipinski definition) is 6. The fourth-order valence-electron chi connectivity index (χ4n) is 3.21. The maximum Gasteiger partial charge on any atom is 0.226 e. The third-order valence-electron chi connectivity index (χ3n) is 5.01. The smallest absolute Gasteiger partial charge is 0.226 e. The zero-order chi connectivity index (χ0) is 20.9.